The fourth-order valence-electron chi connectivity index (χ4n) is 3.54. The van der Waals surface area contributed by atoms with E-state index in [1.54, 1.807) is 0 Å². The van der Waals surface area contributed by atoms with Crippen LogP contribution in [0.2, 0.25) is 0 Å². The number of carbonyl (C=O) groups excluding carboxylic acids is 1. The molecule has 1 aromatic rings. The van der Waals surface area contributed by atoms with Crippen LogP contribution in [0.4, 0.5) is 0 Å². The van der Waals surface area contributed by atoms with Gasteiger partial charge in [-0.1, -0.05) is 11.6 Å². The molecule has 3 heterocycles. The Hall–Kier alpha value is -1.47. The molecule has 2 N–H and O–H groups in total. The first-order valence-corrected chi connectivity index (χ1v) is 8.89. The molecular formula is C16H28N6O. The fourth-order valence-corrected chi connectivity index (χ4v) is 3.54. The molecule has 0 spiro atoms. The second kappa shape index (κ2) is 7.88. The van der Waals surface area contributed by atoms with Crippen molar-refractivity contribution in [1.82, 2.24) is 30.5 Å². The largest absolute Gasteiger partial charge is 0.349 e. The van der Waals surface area contributed by atoms with Gasteiger partial charge in [0.1, 0.15) is 0 Å². The van der Waals surface area contributed by atoms with Crippen LogP contribution in [0, 0.1) is 6.92 Å². The summed E-state index contributed by atoms with van der Waals surface area (Å²) < 4.78 is 1.93. The molecule has 7 nitrogen and oxygen atoms in total. The molecule has 2 fully saturated rings. The van der Waals surface area contributed by atoms with Crippen molar-refractivity contribution in [3.63, 3.8) is 0 Å². The molecule has 2 aliphatic rings. The standard InChI is InChI=1S/C16H28N6O/c1-13-15(19-20-22(13)14-5-7-17-8-6-14)16(23)18-9-12-21-10-3-2-4-11-21/h14,17H,2-12H2,1H3,(H,18,23). The summed E-state index contributed by atoms with van der Waals surface area (Å²) in [7, 11) is 0. The van der Waals surface area contributed by atoms with Gasteiger partial charge in [-0.05, 0) is 58.8 Å². The van der Waals surface area contributed by atoms with E-state index >= 15 is 0 Å². The van der Waals surface area contributed by atoms with E-state index in [1.165, 1.54) is 19.3 Å². The number of nitrogens with one attached hydrogen (secondary N) is 2. The second-order valence-corrected chi connectivity index (χ2v) is 6.61. The van der Waals surface area contributed by atoms with Gasteiger partial charge in [0.15, 0.2) is 5.69 Å². The van der Waals surface area contributed by atoms with Crippen LogP contribution in [-0.4, -0.2) is 65.1 Å². The molecule has 7 heteroatoms. The van der Waals surface area contributed by atoms with Crippen LogP contribution in [-0.2, 0) is 0 Å². The summed E-state index contributed by atoms with van der Waals surface area (Å²) in [6, 6.07) is 0.360. The smallest absolute Gasteiger partial charge is 0.273 e. The maximum absolute atomic E-state index is 12.3. The number of nitrogens with zero attached hydrogens (tertiary/aromatic N) is 4. The summed E-state index contributed by atoms with van der Waals surface area (Å²) in [5, 5.41) is 14.7. The van der Waals surface area contributed by atoms with Gasteiger partial charge in [0.2, 0.25) is 0 Å². The number of aromatic nitrogens is 3. The van der Waals surface area contributed by atoms with Crippen molar-refractivity contribution in [2.75, 3.05) is 39.3 Å². The summed E-state index contributed by atoms with van der Waals surface area (Å²) >= 11 is 0. The minimum absolute atomic E-state index is 0.0975. The lowest BCUT2D eigenvalue weighted by Crippen LogP contribution is -2.38. The first-order chi connectivity index (χ1) is 11.3. The van der Waals surface area contributed by atoms with Crippen molar-refractivity contribution in [2.24, 2.45) is 0 Å². The lowest BCUT2D eigenvalue weighted by Gasteiger charge is -2.26. The Morgan fingerprint density at radius 2 is 2.00 bits per heavy atom. The van der Waals surface area contributed by atoms with Crippen LogP contribution >= 0.6 is 0 Å². The molecule has 2 saturated heterocycles. The molecule has 128 valence electrons. The van der Waals surface area contributed by atoms with E-state index in [2.05, 4.69) is 25.8 Å². The molecule has 0 aliphatic carbocycles. The summed E-state index contributed by atoms with van der Waals surface area (Å²) in [6.45, 7) is 7.86. The SMILES string of the molecule is Cc1c(C(=O)NCCN2CCCCC2)nnn1C1CCNCC1. The molecule has 3 rings (SSSR count). The zero-order valence-corrected chi connectivity index (χ0v) is 14.1. The number of amides is 1. The third-order valence-corrected chi connectivity index (χ3v) is 4.96. The topological polar surface area (TPSA) is 75.1 Å². The molecule has 0 aromatic carbocycles. The monoisotopic (exact) mass is 320 g/mol. The molecule has 0 unspecified atom stereocenters. The maximum Gasteiger partial charge on any atom is 0.273 e. The number of rotatable bonds is 5. The zero-order valence-electron chi connectivity index (χ0n) is 14.1. The van der Waals surface area contributed by atoms with Gasteiger partial charge in [0, 0.05) is 13.1 Å². The highest BCUT2D eigenvalue weighted by molar-refractivity contribution is 5.93. The Balaban J connectivity index is 1.51. The fraction of sp³-hybridized carbons (Fsp3) is 0.812. The van der Waals surface area contributed by atoms with Gasteiger partial charge < -0.3 is 15.5 Å². The minimum atomic E-state index is -0.0975. The van der Waals surface area contributed by atoms with E-state index < -0.39 is 0 Å². The highest BCUT2D eigenvalue weighted by Crippen LogP contribution is 2.20. The lowest BCUT2D eigenvalue weighted by molar-refractivity contribution is 0.0941. The average Bonchev–Trinajstić information content (AvgIpc) is 2.98. The summed E-state index contributed by atoms with van der Waals surface area (Å²) in [5.41, 5.74) is 1.36. The number of likely N-dealkylation sites (tertiary alicyclic amines) is 1. The molecule has 0 saturated carbocycles. The first kappa shape index (κ1) is 16.4. The molecule has 0 bridgehead atoms. The predicted octanol–water partition coefficient (Wildman–Crippen LogP) is 0.727. The molecule has 0 atom stereocenters. The second-order valence-electron chi connectivity index (χ2n) is 6.61. The van der Waals surface area contributed by atoms with Gasteiger partial charge in [0.25, 0.3) is 5.91 Å². The van der Waals surface area contributed by atoms with Gasteiger partial charge in [0.05, 0.1) is 11.7 Å². The number of carbonyl (C=O) groups is 1. The molecular weight excluding hydrogens is 292 g/mol. The Labute approximate surface area is 137 Å². The molecule has 1 aromatic heterocycles. The predicted molar refractivity (Wildman–Crippen MR) is 88.5 cm³/mol. The van der Waals surface area contributed by atoms with Crippen molar-refractivity contribution in [3.05, 3.63) is 11.4 Å². The number of piperidine rings is 2. The van der Waals surface area contributed by atoms with E-state index in [4.69, 9.17) is 0 Å². The van der Waals surface area contributed by atoms with Gasteiger partial charge in [-0.2, -0.15) is 0 Å². The van der Waals surface area contributed by atoms with Gasteiger partial charge in [-0.3, -0.25) is 4.79 Å². The van der Waals surface area contributed by atoms with E-state index in [-0.39, 0.29) is 5.91 Å². The van der Waals surface area contributed by atoms with Gasteiger partial charge in [-0.25, -0.2) is 4.68 Å². The first-order valence-electron chi connectivity index (χ1n) is 8.89. The van der Waals surface area contributed by atoms with Crippen LogP contribution in [0.3, 0.4) is 0 Å². The zero-order chi connectivity index (χ0) is 16.1. The van der Waals surface area contributed by atoms with E-state index in [1.807, 2.05) is 11.6 Å². The van der Waals surface area contributed by atoms with Crippen molar-refractivity contribution in [3.8, 4) is 0 Å². The molecule has 2 aliphatic heterocycles. The van der Waals surface area contributed by atoms with Gasteiger partial charge >= 0.3 is 0 Å². The van der Waals surface area contributed by atoms with E-state index in [0.717, 1.165) is 51.3 Å². The van der Waals surface area contributed by atoms with Crippen molar-refractivity contribution >= 4 is 5.91 Å². The summed E-state index contributed by atoms with van der Waals surface area (Å²) in [5.74, 6) is -0.0975. The Kier molecular flexibility index (Phi) is 5.61. The minimum Gasteiger partial charge on any atom is -0.349 e. The summed E-state index contributed by atoms with van der Waals surface area (Å²) in [6.07, 6.45) is 5.97. The van der Waals surface area contributed by atoms with Crippen LogP contribution in [0.25, 0.3) is 0 Å². The maximum atomic E-state index is 12.3. The summed E-state index contributed by atoms with van der Waals surface area (Å²) in [4.78, 5) is 14.8. The Bertz CT molecular complexity index is 517. The Morgan fingerprint density at radius 3 is 2.74 bits per heavy atom. The van der Waals surface area contributed by atoms with Crippen molar-refractivity contribution in [1.29, 1.82) is 0 Å². The van der Waals surface area contributed by atoms with Crippen LogP contribution in [0.5, 0.6) is 0 Å². The van der Waals surface area contributed by atoms with Gasteiger partial charge in [-0.15, -0.1) is 5.10 Å². The third kappa shape index (κ3) is 4.09. The third-order valence-electron chi connectivity index (χ3n) is 4.96. The quantitative estimate of drug-likeness (QED) is 0.836. The lowest BCUT2D eigenvalue weighted by atomic mass is 10.1. The Morgan fingerprint density at radius 1 is 1.26 bits per heavy atom. The number of hydrogen-bond donors (Lipinski definition) is 2. The normalized spacial score (nSPS) is 20.6. The van der Waals surface area contributed by atoms with Crippen molar-refractivity contribution in [2.45, 2.75) is 45.1 Å². The van der Waals surface area contributed by atoms with Crippen LogP contribution < -0.4 is 10.6 Å². The average molecular weight is 320 g/mol. The molecule has 23 heavy (non-hydrogen) atoms. The van der Waals surface area contributed by atoms with Crippen LogP contribution in [0.1, 0.15) is 54.3 Å². The number of hydrogen-bond acceptors (Lipinski definition) is 5. The molecule has 0 radical (unpaired) electrons. The van der Waals surface area contributed by atoms with E-state index in [0.29, 0.717) is 18.3 Å². The van der Waals surface area contributed by atoms with Crippen molar-refractivity contribution < 1.29 is 4.79 Å². The van der Waals surface area contributed by atoms with E-state index in [9.17, 15) is 4.79 Å². The molecule has 1 amide bonds. The highest BCUT2D eigenvalue weighted by Gasteiger charge is 2.22. The highest BCUT2D eigenvalue weighted by atomic mass is 16.2. The van der Waals surface area contributed by atoms with Crippen LogP contribution in [0.15, 0.2) is 0 Å².